The molecular formula is C15H11BrN2. The van der Waals surface area contributed by atoms with Gasteiger partial charge in [-0.25, -0.2) is 4.68 Å². The Bertz CT molecular complexity index is 642. The molecule has 0 fully saturated rings. The molecule has 0 radical (unpaired) electrons. The summed E-state index contributed by atoms with van der Waals surface area (Å²) in [5.74, 6) is 0. The quantitative estimate of drug-likeness (QED) is 0.690. The Balaban J connectivity index is 2.10. The number of rotatable bonds is 2. The van der Waals surface area contributed by atoms with E-state index in [1.54, 1.807) is 0 Å². The second-order valence-electron chi connectivity index (χ2n) is 3.97. The zero-order valence-electron chi connectivity index (χ0n) is 9.62. The highest BCUT2D eigenvalue weighted by Gasteiger charge is 2.06. The molecule has 0 unspecified atom stereocenters. The van der Waals surface area contributed by atoms with Crippen LogP contribution in [0.25, 0.3) is 16.9 Å². The van der Waals surface area contributed by atoms with Gasteiger partial charge in [-0.3, -0.25) is 0 Å². The molecule has 2 aromatic carbocycles. The normalized spacial score (nSPS) is 10.5. The minimum atomic E-state index is 1.07. The molecule has 18 heavy (non-hydrogen) atoms. The molecule has 0 bridgehead atoms. The molecule has 0 saturated carbocycles. The molecule has 0 saturated heterocycles. The van der Waals surface area contributed by atoms with E-state index >= 15 is 0 Å². The van der Waals surface area contributed by atoms with Crippen LogP contribution in [0.3, 0.4) is 0 Å². The Morgan fingerprint density at radius 3 is 2.28 bits per heavy atom. The fourth-order valence-corrected chi connectivity index (χ4v) is 2.18. The van der Waals surface area contributed by atoms with Crippen molar-refractivity contribution in [2.24, 2.45) is 0 Å². The molecule has 0 aliphatic heterocycles. The van der Waals surface area contributed by atoms with Gasteiger partial charge in [-0.2, -0.15) is 5.10 Å². The molecule has 0 aliphatic carbocycles. The van der Waals surface area contributed by atoms with Gasteiger partial charge < -0.3 is 0 Å². The SMILES string of the molecule is Brc1ccc(-c2ccnn2-c2ccccc2)cc1. The van der Waals surface area contributed by atoms with Crippen LogP contribution in [-0.4, -0.2) is 9.78 Å². The molecule has 0 spiro atoms. The number of nitrogens with zero attached hydrogens (tertiary/aromatic N) is 2. The van der Waals surface area contributed by atoms with Crippen LogP contribution < -0.4 is 0 Å². The summed E-state index contributed by atoms with van der Waals surface area (Å²) in [6.45, 7) is 0. The zero-order chi connectivity index (χ0) is 12.4. The molecule has 3 heteroatoms. The lowest BCUT2D eigenvalue weighted by Gasteiger charge is -2.07. The monoisotopic (exact) mass is 298 g/mol. The standard InChI is InChI=1S/C15H11BrN2/c16-13-8-6-12(7-9-13)15-10-11-17-18(15)14-4-2-1-3-5-14/h1-11H. The van der Waals surface area contributed by atoms with Crippen LogP contribution in [0, 0.1) is 0 Å². The lowest BCUT2D eigenvalue weighted by Crippen LogP contribution is -1.98. The minimum Gasteiger partial charge on any atom is -0.233 e. The molecule has 0 amide bonds. The summed E-state index contributed by atoms with van der Waals surface area (Å²) >= 11 is 3.45. The van der Waals surface area contributed by atoms with Crippen LogP contribution in [0.1, 0.15) is 0 Å². The summed E-state index contributed by atoms with van der Waals surface area (Å²) < 4.78 is 3.03. The highest BCUT2D eigenvalue weighted by atomic mass is 79.9. The van der Waals surface area contributed by atoms with Gasteiger partial charge in [0.1, 0.15) is 0 Å². The molecule has 2 nitrogen and oxygen atoms in total. The Labute approximate surface area is 114 Å². The largest absolute Gasteiger partial charge is 0.233 e. The molecule has 3 aromatic rings. The first-order valence-corrected chi connectivity index (χ1v) is 6.49. The minimum absolute atomic E-state index is 1.07. The Morgan fingerprint density at radius 2 is 1.56 bits per heavy atom. The lowest BCUT2D eigenvalue weighted by atomic mass is 10.1. The van der Waals surface area contributed by atoms with Crippen molar-refractivity contribution in [1.29, 1.82) is 0 Å². The first kappa shape index (κ1) is 11.2. The van der Waals surface area contributed by atoms with Crippen LogP contribution >= 0.6 is 15.9 Å². The average molecular weight is 299 g/mol. The average Bonchev–Trinajstić information content (AvgIpc) is 2.90. The van der Waals surface area contributed by atoms with Crippen LogP contribution in [0.5, 0.6) is 0 Å². The van der Waals surface area contributed by atoms with Gasteiger partial charge in [0.25, 0.3) is 0 Å². The third-order valence-corrected chi connectivity index (χ3v) is 3.31. The van der Waals surface area contributed by atoms with Gasteiger partial charge in [0.2, 0.25) is 0 Å². The number of benzene rings is 2. The Kier molecular flexibility index (Phi) is 2.99. The van der Waals surface area contributed by atoms with E-state index in [1.165, 1.54) is 0 Å². The van der Waals surface area contributed by atoms with Crippen molar-refractivity contribution in [2.75, 3.05) is 0 Å². The van der Waals surface area contributed by atoms with E-state index in [2.05, 4.69) is 45.3 Å². The molecule has 88 valence electrons. The topological polar surface area (TPSA) is 17.8 Å². The van der Waals surface area contributed by atoms with Gasteiger partial charge in [0.05, 0.1) is 17.6 Å². The Hall–Kier alpha value is -1.87. The van der Waals surface area contributed by atoms with Crippen LogP contribution in [0.4, 0.5) is 0 Å². The van der Waals surface area contributed by atoms with Gasteiger partial charge in [-0.15, -0.1) is 0 Å². The van der Waals surface area contributed by atoms with E-state index in [4.69, 9.17) is 0 Å². The predicted molar refractivity (Wildman–Crippen MR) is 76.7 cm³/mol. The van der Waals surface area contributed by atoms with Gasteiger partial charge in [-0.05, 0) is 30.3 Å². The molecule has 1 aromatic heterocycles. The number of halogens is 1. The number of para-hydroxylation sites is 1. The van der Waals surface area contributed by atoms with Crippen molar-refractivity contribution in [3.05, 3.63) is 71.3 Å². The lowest BCUT2D eigenvalue weighted by molar-refractivity contribution is 0.888. The fraction of sp³-hybridized carbons (Fsp3) is 0. The summed E-state index contributed by atoms with van der Waals surface area (Å²) in [6.07, 6.45) is 1.82. The van der Waals surface area contributed by atoms with Gasteiger partial charge in [0.15, 0.2) is 0 Å². The number of hydrogen-bond acceptors (Lipinski definition) is 1. The third-order valence-electron chi connectivity index (χ3n) is 2.78. The van der Waals surface area contributed by atoms with Crippen LogP contribution in [0.15, 0.2) is 71.3 Å². The van der Waals surface area contributed by atoms with E-state index in [-0.39, 0.29) is 0 Å². The predicted octanol–water partition coefficient (Wildman–Crippen LogP) is 4.30. The van der Waals surface area contributed by atoms with E-state index in [9.17, 15) is 0 Å². The van der Waals surface area contributed by atoms with Crippen molar-refractivity contribution >= 4 is 15.9 Å². The smallest absolute Gasteiger partial charge is 0.0740 e. The maximum Gasteiger partial charge on any atom is 0.0740 e. The number of hydrogen-bond donors (Lipinski definition) is 0. The van der Waals surface area contributed by atoms with Crippen LogP contribution in [-0.2, 0) is 0 Å². The molecule has 1 heterocycles. The van der Waals surface area contributed by atoms with Crippen molar-refractivity contribution in [3.8, 4) is 16.9 Å². The first-order valence-electron chi connectivity index (χ1n) is 5.70. The van der Waals surface area contributed by atoms with E-state index < -0.39 is 0 Å². The maximum absolute atomic E-state index is 4.39. The second kappa shape index (κ2) is 4.78. The summed E-state index contributed by atoms with van der Waals surface area (Å²) in [6, 6.07) is 20.4. The fourth-order valence-electron chi connectivity index (χ4n) is 1.92. The summed E-state index contributed by atoms with van der Waals surface area (Å²) in [4.78, 5) is 0. The van der Waals surface area contributed by atoms with Gasteiger partial charge in [0, 0.05) is 10.0 Å². The second-order valence-corrected chi connectivity index (χ2v) is 4.89. The van der Waals surface area contributed by atoms with Gasteiger partial charge >= 0.3 is 0 Å². The molecular weight excluding hydrogens is 288 g/mol. The first-order chi connectivity index (χ1) is 8.84. The van der Waals surface area contributed by atoms with Crippen molar-refractivity contribution in [1.82, 2.24) is 9.78 Å². The Morgan fingerprint density at radius 1 is 0.833 bits per heavy atom. The van der Waals surface area contributed by atoms with Crippen LogP contribution in [0.2, 0.25) is 0 Å². The van der Waals surface area contributed by atoms with E-state index in [1.807, 2.05) is 47.3 Å². The van der Waals surface area contributed by atoms with E-state index in [0.29, 0.717) is 0 Å². The highest BCUT2D eigenvalue weighted by Crippen LogP contribution is 2.23. The zero-order valence-corrected chi connectivity index (χ0v) is 11.2. The molecule has 0 N–H and O–H groups in total. The number of aromatic nitrogens is 2. The molecule has 0 aliphatic rings. The summed E-state index contributed by atoms with van der Waals surface area (Å²) in [5, 5.41) is 4.39. The van der Waals surface area contributed by atoms with Crippen molar-refractivity contribution in [3.63, 3.8) is 0 Å². The summed E-state index contributed by atoms with van der Waals surface area (Å²) in [7, 11) is 0. The van der Waals surface area contributed by atoms with Crippen molar-refractivity contribution < 1.29 is 0 Å². The highest BCUT2D eigenvalue weighted by molar-refractivity contribution is 9.10. The maximum atomic E-state index is 4.39. The molecule has 0 atom stereocenters. The summed E-state index contributed by atoms with van der Waals surface area (Å²) in [5.41, 5.74) is 3.31. The van der Waals surface area contributed by atoms with E-state index in [0.717, 1.165) is 21.4 Å². The molecule has 3 rings (SSSR count). The third kappa shape index (κ3) is 2.09. The van der Waals surface area contributed by atoms with Crippen molar-refractivity contribution in [2.45, 2.75) is 0 Å². The van der Waals surface area contributed by atoms with Gasteiger partial charge in [-0.1, -0.05) is 46.3 Å².